The maximum atomic E-state index is 12.4. The first-order valence-electron chi connectivity index (χ1n) is 9.56. The highest BCUT2D eigenvalue weighted by atomic mass is 16.6. The quantitative estimate of drug-likeness (QED) is 0.751. The van der Waals surface area contributed by atoms with Crippen molar-refractivity contribution in [1.82, 2.24) is 9.55 Å². The third-order valence-corrected chi connectivity index (χ3v) is 4.50. The fourth-order valence-corrected chi connectivity index (χ4v) is 2.63. The smallest absolute Gasteiger partial charge is 0.330 e. The summed E-state index contributed by atoms with van der Waals surface area (Å²) in [6.45, 7) is 11.8. The summed E-state index contributed by atoms with van der Waals surface area (Å²) >= 11 is 0. The van der Waals surface area contributed by atoms with Crippen LogP contribution in [0.3, 0.4) is 0 Å². The molecular weight excluding hydrogens is 380 g/mol. The number of aromatic nitrogens is 2. The van der Waals surface area contributed by atoms with E-state index in [-0.39, 0.29) is 13.0 Å². The predicted molar refractivity (Wildman–Crippen MR) is 104 cm³/mol. The van der Waals surface area contributed by atoms with Crippen molar-refractivity contribution in [2.75, 3.05) is 6.61 Å². The third kappa shape index (κ3) is 5.56. The molecule has 0 bridgehead atoms. The molecule has 0 aromatic carbocycles. The van der Waals surface area contributed by atoms with Gasteiger partial charge in [-0.15, -0.1) is 0 Å². The Morgan fingerprint density at radius 1 is 1.14 bits per heavy atom. The molecular formula is C20H30N2O7. The Hall–Kier alpha value is -2.42. The number of rotatable bonds is 4. The molecule has 9 nitrogen and oxygen atoms in total. The van der Waals surface area contributed by atoms with Gasteiger partial charge in [0.05, 0.1) is 10.8 Å². The first kappa shape index (κ1) is 22.9. The van der Waals surface area contributed by atoms with E-state index in [1.54, 1.807) is 48.5 Å². The second-order valence-electron chi connectivity index (χ2n) is 9.39. The Labute approximate surface area is 169 Å². The van der Waals surface area contributed by atoms with Crippen LogP contribution in [0.5, 0.6) is 0 Å². The number of H-pyrrole nitrogens is 1. The zero-order valence-corrected chi connectivity index (χ0v) is 18.0. The minimum absolute atomic E-state index is 0.119. The van der Waals surface area contributed by atoms with Crippen LogP contribution >= 0.6 is 0 Å². The zero-order valence-electron chi connectivity index (χ0n) is 18.0. The molecule has 1 aromatic heterocycles. The highest BCUT2D eigenvalue weighted by Gasteiger charge is 2.42. The van der Waals surface area contributed by atoms with Crippen molar-refractivity contribution in [2.24, 2.45) is 10.8 Å². The molecule has 162 valence electrons. The number of hydrogen-bond donors (Lipinski definition) is 1. The molecule has 0 radical (unpaired) electrons. The summed E-state index contributed by atoms with van der Waals surface area (Å²) < 4.78 is 18.1. The summed E-state index contributed by atoms with van der Waals surface area (Å²) in [6.07, 6.45) is -0.632. The van der Waals surface area contributed by atoms with Crippen LogP contribution in [0.2, 0.25) is 0 Å². The Kier molecular flexibility index (Phi) is 6.42. The highest BCUT2D eigenvalue weighted by molar-refractivity contribution is 5.76. The molecule has 9 heteroatoms. The Bertz CT molecular complexity index is 886. The molecule has 0 spiro atoms. The fourth-order valence-electron chi connectivity index (χ4n) is 2.63. The first-order valence-corrected chi connectivity index (χ1v) is 9.56. The van der Waals surface area contributed by atoms with Gasteiger partial charge in [-0.1, -0.05) is 0 Å². The van der Waals surface area contributed by atoms with E-state index >= 15 is 0 Å². The lowest BCUT2D eigenvalue weighted by Crippen LogP contribution is -2.36. The number of aryl methyl sites for hydroxylation is 1. The summed E-state index contributed by atoms with van der Waals surface area (Å²) in [6, 6.07) is 0. The van der Waals surface area contributed by atoms with Gasteiger partial charge >= 0.3 is 17.6 Å². The van der Waals surface area contributed by atoms with E-state index in [9.17, 15) is 19.2 Å². The molecule has 1 saturated heterocycles. The first-order chi connectivity index (χ1) is 13.2. The van der Waals surface area contributed by atoms with E-state index in [4.69, 9.17) is 14.2 Å². The van der Waals surface area contributed by atoms with Crippen molar-refractivity contribution < 1.29 is 23.8 Å². The van der Waals surface area contributed by atoms with Crippen LogP contribution in [0, 0.1) is 17.8 Å². The Morgan fingerprint density at radius 2 is 1.72 bits per heavy atom. The molecule has 1 aromatic rings. The number of nitrogens with one attached hydrogen (secondary N) is 1. The third-order valence-electron chi connectivity index (χ3n) is 4.50. The average Bonchev–Trinajstić information content (AvgIpc) is 2.96. The van der Waals surface area contributed by atoms with Gasteiger partial charge < -0.3 is 14.2 Å². The maximum Gasteiger partial charge on any atom is 0.330 e. The van der Waals surface area contributed by atoms with E-state index in [1.165, 1.54) is 10.8 Å². The van der Waals surface area contributed by atoms with Gasteiger partial charge in [-0.05, 0) is 48.5 Å². The normalized spacial score (nSPS) is 22.4. The number of aromatic amines is 1. The van der Waals surface area contributed by atoms with Gasteiger partial charge in [0.15, 0.2) is 0 Å². The lowest BCUT2D eigenvalue weighted by molar-refractivity contribution is -0.167. The van der Waals surface area contributed by atoms with Crippen molar-refractivity contribution >= 4 is 11.9 Å². The SMILES string of the molecule is Cc1cn([C@H]2C[C@H](OC(=O)C(C)(C)C)[C@@H](COC(=O)C(C)(C)C)O2)c(=O)[nH]c1=O. The van der Waals surface area contributed by atoms with Gasteiger partial charge in [0.1, 0.15) is 25.0 Å². The highest BCUT2D eigenvalue weighted by Crippen LogP contribution is 2.32. The topological polar surface area (TPSA) is 117 Å². The van der Waals surface area contributed by atoms with Crippen LogP contribution in [0.1, 0.15) is 59.8 Å². The molecule has 2 heterocycles. The average molecular weight is 410 g/mol. The minimum Gasteiger partial charge on any atom is -0.462 e. The monoisotopic (exact) mass is 410 g/mol. The standard InChI is InChI=1S/C20H30N2O7/c1-11-9-22(18(26)21-15(11)23)14-8-12(29-17(25)20(5,6)7)13(28-14)10-27-16(24)19(2,3)4/h9,12-14H,8,10H2,1-7H3,(H,21,23,26)/t12-,13+,14+/m0/s1. The second kappa shape index (κ2) is 8.14. The zero-order chi connectivity index (χ0) is 22.1. The lowest BCUT2D eigenvalue weighted by atomic mass is 9.97. The molecule has 3 atom stereocenters. The Balaban J connectivity index is 2.25. The van der Waals surface area contributed by atoms with Crippen LogP contribution < -0.4 is 11.2 Å². The van der Waals surface area contributed by atoms with Crippen LogP contribution in [0.25, 0.3) is 0 Å². The van der Waals surface area contributed by atoms with E-state index < -0.39 is 52.5 Å². The van der Waals surface area contributed by atoms with Crippen LogP contribution in [0.4, 0.5) is 0 Å². The van der Waals surface area contributed by atoms with Crippen LogP contribution in [0.15, 0.2) is 15.8 Å². The van der Waals surface area contributed by atoms with Crippen LogP contribution in [-0.2, 0) is 23.8 Å². The lowest BCUT2D eigenvalue weighted by Gasteiger charge is -2.24. The van der Waals surface area contributed by atoms with Crippen molar-refractivity contribution in [2.45, 2.75) is 73.3 Å². The molecule has 0 amide bonds. The van der Waals surface area contributed by atoms with Crippen molar-refractivity contribution in [3.8, 4) is 0 Å². The molecule has 1 aliphatic rings. The minimum atomic E-state index is -0.769. The largest absolute Gasteiger partial charge is 0.462 e. The summed E-state index contributed by atoms with van der Waals surface area (Å²) in [5.41, 5.74) is -2.17. The predicted octanol–water partition coefficient (Wildman–Crippen LogP) is 1.68. The number of esters is 2. The van der Waals surface area contributed by atoms with Gasteiger partial charge in [0.25, 0.3) is 5.56 Å². The molecule has 0 saturated carbocycles. The van der Waals surface area contributed by atoms with Gasteiger partial charge in [-0.3, -0.25) is 23.9 Å². The van der Waals surface area contributed by atoms with E-state index in [2.05, 4.69) is 4.98 Å². The van der Waals surface area contributed by atoms with Crippen molar-refractivity contribution in [3.63, 3.8) is 0 Å². The summed E-state index contributed by atoms with van der Waals surface area (Å²) in [7, 11) is 0. The summed E-state index contributed by atoms with van der Waals surface area (Å²) in [4.78, 5) is 50.5. The second-order valence-corrected chi connectivity index (χ2v) is 9.39. The molecule has 0 aliphatic carbocycles. The summed E-state index contributed by atoms with van der Waals surface area (Å²) in [5, 5.41) is 0. The molecule has 1 aliphatic heterocycles. The number of ether oxygens (including phenoxy) is 3. The molecule has 29 heavy (non-hydrogen) atoms. The molecule has 0 unspecified atom stereocenters. The fraction of sp³-hybridized carbons (Fsp3) is 0.700. The number of carbonyl (C=O) groups is 2. The van der Waals surface area contributed by atoms with E-state index in [0.717, 1.165) is 0 Å². The van der Waals surface area contributed by atoms with Gasteiger partial charge in [0, 0.05) is 18.2 Å². The van der Waals surface area contributed by atoms with E-state index in [0.29, 0.717) is 5.56 Å². The van der Waals surface area contributed by atoms with Crippen molar-refractivity contribution in [3.05, 3.63) is 32.6 Å². The van der Waals surface area contributed by atoms with Gasteiger partial charge in [-0.2, -0.15) is 0 Å². The summed E-state index contributed by atoms with van der Waals surface area (Å²) in [5.74, 6) is -0.841. The maximum absolute atomic E-state index is 12.4. The molecule has 2 rings (SSSR count). The van der Waals surface area contributed by atoms with Crippen LogP contribution in [-0.4, -0.2) is 40.3 Å². The number of carbonyl (C=O) groups excluding carboxylic acids is 2. The number of nitrogens with zero attached hydrogens (tertiary/aromatic N) is 1. The Morgan fingerprint density at radius 3 is 2.28 bits per heavy atom. The van der Waals surface area contributed by atoms with E-state index in [1.807, 2.05) is 0 Å². The number of hydrogen-bond acceptors (Lipinski definition) is 7. The molecule has 1 fully saturated rings. The molecule has 1 N–H and O–H groups in total. The van der Waals surface area contributed by atoms with Gasteiger partial charge in [0.2, 0.25) is 0 Å². The van der Waals surface area contributed by atoms with Gasteiger partial charge in [-0.25, -0.2) is 4.79 Å². The van der Waals surface area contributed by atoms with Crippen molar-refractivity contribution in [1.29, 1.82) is 0 Å².